The van der Waals surface area contributed by atoms with E-state index in [1.54, 1.807) is 6.07 Å². The van der Waals surface area contributed by atoms with Crippen molar-refractivity contribution < 1.29 is 9.53 Å². The van der Waals surface area contributed by atoms with Crippen molar-refractivity contribution in [1.29, 1.82) is 0 Å². The van der Waals surface area contributed by atoms with Gasteiger partial charge in [0.15, 0.2) is 0 Å². The molecule has 0 unspecified atom stereocenters. The highest BCUT2D eigenvalue weighted by atomic mass is 35.5. The summed E-state index contributed by atoms with van der Waals surface area (Å²) < 4.78 is 5.39. The number of ether oxygens (including phenoxy) is 1. The Bertz CT molecular complexity index is 712. The van der Waals surface area contributed by atoms with Gasteiger partial charge >= 0.3 is 0 Å². The summed E-state index contributed by atoms with van der Waals surface area (Å²) in [4.78, 5) is 14.7. The lowest BCUT2D eigenvalue weighted by Crippen LogP contribution is -2.37. The molecule has 3 rings (SSSR count). The molecule has 0 aromatic heterocycles. The van der Waals surface area contributed by atoms with Crippen LogP contribution in [-0.4, -0.2) is 32.2 Å². The van der Waals surface area contributed by atoms with Gasteiger partial charge in [0.25, 0.3) is 5.91 Å². The predicted molar refractivity (Wildman–Crippen MR) is 93.6 cm³/mol. The summed E-state index contributed by atoms with van der Waals surface area (Å²) >= 11 is 6.38. The Kier molecular flexibility index (Phi) is 4.84. The van der Waals surface area contributed by atoms with E-state index in [9.17, 15) is 4.79 Å². The smallest absolute Gasteiger partial charge is 0.255 e. The minimum Gasteiger partial charge on any atom is -0.378 e. The summed E-state index contributed by atoms with van der Waals surface area (Å²) in [6.07, 6.45) is 0. The highest BCUT2D eigenvalue weighted by Gasteiger charge is 2.19. The van der Waals surface area contributed by atoms with Crippen LogP contribution in [0.5, 0.6) is 0 Å². The maximum absolute atomic E-state index is 12.5. The molecule has 1 aliphatic heterocycles. The van der Waals surface area contributed by atoms with E-state index in [2.05, 4.69) is 10.2 Å². The van der Waals surface area contributed by atoms with Crippen LogP contribution in [0.3, 0.4) is 0 Å². The van der Waals surface area contributed by atoms with Crippen molar-refractivity contribution in [3.8, 4) is 0 Å². The zero-order valence-electron chi connectivity index (χ0n) is 13.0. The monoisotopic (exact) mass is 330 g/mol. The number of morpholine rings is 1. The van der Waals surface area contributed by atoms with E-state index in [4.69, 9.17) is 16.3 Å². The summed E-state index contributed by atoms with van der Waals surface area (Å²) in [5.41, 5.74) is 3.28. The van der Waals surface area contributed by atoms with Crippen molar-refractivity contribution in [1.82, 2.24) is 0 Å². The fraction of sp³-hybridized carbons (Fsp3) is 0.278. The molecule has 1 amide bonds. The van der Waals surface area contributed by atoms with E-state index in [-0.39, 0.29) is 5.91 Å². The zero-order valence-corrected chi connectivity index (χ0v) is 13.8. The zero-order chi connectivity index (χ0) is 16.2. The van der Waals surface area contributed by atoms with Gasteiger partial charge in [-0.3, -0.25) is 4.79 Å². The molecular weight excluding hydrogens is 312 g/mol. The molecule has 2 aromatic carbocycles. The van der Waals surface area contributed by atoms with Crippen molar-refractivity contribution in [2.75, 3.05) is 36.5 Å². The van der Waals surface area contributed by atoms with Gasteiger partial charge in [-0.1, -0.05) is 35.4 Å². The fourth-order valence-electron chi connectivity index (χ4n) is 2.71. The number of anilines is 2. The van der Waals surface area contributed by atoms with Gasteiger partial charge in [-0.25, -0.2) is 0 Å². The summed E-state index contributed by atoms with van der Waals surface area (Å²) in [5.74, 6) is -0.134. The van der Waals surface area contributed by atoms with Gasteiger partial charge in [0.2, 0.25) is 0 Å². The Morgan fingerprint density at radius 2 is 1.91 bits per heavy atom. The number of nitrogens with one attached hydrogen (secondary N) is 1. The first kappa shape index (κ1) is 15.8. The number of aryl methyl sites for hydroxylation is 1. The molecule has 120 valence electrons. The average molecular weight is 331 g/mol. The number of benzene rings is 2. The third kappa shape index (κ3) is 3.66. The molecule has 0 radical (unpaired) electrons. The largest absolute Gasteiger partial charge is 0.378 e. The number of nitrogens with zero attached hydrogens (tertiary/aromatic N) is 1. The van der Waals surface area contributed by atoms with Gasteiger partial charge in [-0.2, -0.15) is 0 Å². The summed E-state index contributed by atoms with van der Waals surface area (Å²) in [7, 11) is 0. The molecule has 1 heterocycles. The van der Waals surface area contributed by atoms with E-state index in [0.29, 0.717) is 23.8 Å². The highest BCUT2D eigenvalue weighted by Crippen LogP contribution is 2.34. The van der Waals surface area contributed by atoms with Gasteiger partial charge < -0.3 is 15.0 Å². The van der Waals surface area contributed by atoms with Gasteiger partial charge in [0, 0.05) is 18.7 Å². The van der Waals surface area contributed by atoms with E-state index in [0.717, 1.165) is 30.0 Å². The standard InChI is InChI=1S/C18H19ClN2O2/c1-13-4-2-5-14(12-13)18(22)20-16-7-3-6-15(19)17(16)21-8-10-23-11-9-21/h2-7,12H,8-11H2,1H3,(H,20,22). The normalized spacial score (nSPS) is 14.6. The van der Waals surface area contributed by atoms with E-state index in [1.807, 2.05) is 43.3 Å². The Labute approximate surface area is 141 Å². The van der Waals surface area contributed by atoms with Crippen LogP contribution in [0.1, 0.15) is 15.9 Å². The van der Waals surface area contributed by atoms with Crippen molar-refractivity contribution in [3.63, 3.8) is 0 Å². The Morgan fingerprint density at radius 1 is 1.17 bits per heavy atom. The first-order valence-corrected chi connectivity index (χ1v) is 8.02. The lowest BCUT2D eigenvalue weighted by molar-refractivity contribution is 0.102. The Morgan fingerprint density at radius 3 is 2.65 bits per heavy atom. The van der Waals surface area contributed by atoms with Crippen LogP contribution in [0.25, 0.3) is 0 Å². The molecular formula is C18H19ClN2O2. The molecule has 0 bridgehead atoms. The fourth-order valence-corrected chi connectivity index (χ4v) is 3.00. The topological polar surface area (TPSA) is 41.6 Å². The van der Waals surface area contributed by atoms with Crippen molar-refractivity contribution in [2.45, 2.75) is 6.92 Å². The van der Waals surface area contributed by atoms with E-state index < -0.39 is 0 Å². The number of carbonyl (C=O) groups excluding carboxylic acids is 1. The number of hydrogen-bond acceptors (Lipinski definition) is 3. The van der Waals surface area contributed by atoms with Crippen LogP contribution in [-0.2, 0) is 4.74 Å². The SMILES string of the molecule is Cc1cccc(C(=O)Nc2cccc(Cl)c2N2CCOCC2)c1. The van der Waals surface area contributed by atoms with E-state index in [1.165, 1.54) is 0 Å². The second kappa shape index (κ2) is 7.02. The molecule has 0 spiro atoms. The summed E-state index contributed by atoms with van der Waals surface area (Å²) in [6, 6.07) is 13.1. The second-order valence-electron chi connectivity index (χ2n) is 5.56. The van der Waals surface area contributed by atoms with Crippen LogP contribution in [0.2, 0.25) is 5.02 Å². The third-order valence-electron chi connectivity index (χ3n) is 3.84. The van der Waals surface area contributed by atoms with Crippen LogP contribution in [0.4, 0.5) is 11.4 Å². The maximum Gasteiger partial charge on any atom is 0.255 e. The number of amides is 1. The van der Waals surface area contributed by atoms with Crippen LogP contribution in [0.15, 0.2) is 42.5 Å². The number of carbonyl (C=O) groups is 1. The van der Waals surface area contributed by atoms with Gasteiger partial charge in [0.05, 0.1) is 29.6 Å². The minimum absolute atomic E-state index is 0.134. The molecule has 0 saturated carbocycles. The Balaban J connectivity index is 1.87. The minimum atomic E-state index is -0.134. The van der Waals surface area contributed by atoms with Crippen LogP contribution >= 0.6 is 11.6 Å². The van der Waals surface area contributed by atoms with Crippen LogP contribution in [0, 0.1) is 6.92 Å². The average Bonchev–Trinajstić information content (AvgIpc) is 2.56. The molecule has 4 nitrogen and oxygen atoms in total. The molecule has 0 atom stereocenters. The molecule has 1 fully saturated rings. The first-order valence-electron chi connectivity index (χ1n) is 7.64. The quantitative estimate of drug-likeness (QED) is 0.932. The summed E-state index contributed by atoms with van der Waals surface area (Å²) in [5, 5.41) is 3.62. The molecule has 1 N–H and O–H groups in total. The molecule has 5 heteroatoms. The summed E-state index contributed by atoms with van der Waals surface area (Å²) in [6.45, 7) is 4.82. The lowest BCUT2D eigenvalue weighted by atomic mass is 10.1. The third-order valence-corrected chi connectivity index (χ3v) is 4.15. The van der Waals surface area contributed by atoms with Crippen LogP contribution < -0.4 is 10.2 Å². The number of halogens is 1. The van der Waals surface area contributed by atoms with Crippen molar-refractivity contribution in [3.05, 3.63) is 58.6 Å². The molecule has 2 aromatic rings. The van der Waals surface area contributed by atoms with Crippen molar-refractivity contribution >= 4 is 28.9 Å². The number of hydrogen-bond donors (Lipinski definition) is 1. The number of rotatable bonds is 3. The maximum atomic E-state index is 12.5. The van der Waals surface area contributed by atoms with Gasteiger partial charge in [-0.15, -0.1) is 0 Å². The highest BCUT2D eigenvalue weighted by molar-refractivity contribution is 6.34. The van der Waals surface area contributed by atoms with Crippen molar-refractivity contribution in [2.24, 2.45) is 0 Å². The number of para-hydroxylation sites is 1. The second-order valence-corrected chi connectivity index (χ2v) is 5.97. The molecule has 1 aliphatic rings. The molecule has 0 aliphatic carbocycles. The Hall–Kier alpha value is -2.04. The van der Waals surface area contributed by atoms with Gasteiger partial charge in [-0.05, 0) is 31.2 Å². The van der Waals surface area contributed by atoms with E-state index >= 15 is 0 Å². The van der Waals surface area contributed by atoms with Gasteiger partial charge in [0.1, 0.15) is 0 Å². The molecule has 1 saturated heterocycles. The lowest BCUT2D eigenvalue weighted by Gasteiger charge is -2.31. The molecule has 23 heavy (non-hydrogen) atoms. The first-order chi connectivity index (χ1) is 11.1. The predicted octanol–water partition coefficient (Wildman–Crippen LogP) is 3.74.